The highest BCUT2D eigenvalue weighted by molar-refractivity contribution is 5.93. The molecule has 0 bridgehead atoms. The summed E-state index contributed by atoms with van der Waals surface area (Å²) in [5.74, 6) is 0.518. The first kappa shape index (κ1) is 14.4. The first-order valence-corrected chi connectivity index (χ1v) is 7.98. The molecule has 2 aliphatic carbocycles. The predicted octanol–water partition coefficient (Wildman–Crippen LogP) is 3.11. The number of nitrogens with one attached hydrogen (secondary N) is 1. The summed E-state index contributed by atoms with van der Waals surface area (Å²) in [5, 5.41) is 12.6. The van der Waals surface area contributed by atoms with Crippen LogP contribution in [0.25, 0.3) is 0 Å². The van der Waals surface area contributed by atoms with Gasteiger partial charge >= 0.3 is 0 Å². The fraction of sp³-hybridized carbons (Fsp3) is 0.588. The number of aliphatic hydroxyl groups excluding tert-OH is 1. The second-order valence-corrected chi connectivity index (χ2v) is 6.14. The lowest BCUT2D eigenvalue weighted by molar-refractivity contribution is -0.122. The molecule has 4 nitrogen and oxygen atoms in total. The quantitative estimate of drug-likeness (QED) is 0.895. The summed E-state index contributed by atoms with van der Waals surface area (Å²) in [4.78, 5) is 12.1. The zero-order valence-corrected chi connectivity index (χ0v) is 12.3. The Balaban J connectivity index is 1.55. The number of benzene rings is 1. The fourth-order valence-corrected chi connectivity index (χ4v) is 3.30. The third-order valence-electron chi connectivity index (χ3n) is 4.54. The zero-order valence-electron chi connectivity index (χ0n) is 12.3. The molecule has 2 N–H and O–H groups in total. The van der Waals surface area contributed by atoms with Crippen molar-refractivity contribution in [3.05, 3.63) is 24.3 Å². The summed E-state index contributed by atoms with van der Waals surface area (Å²) in [7, 11) is 0. The van der Waals surface area contributed by atoms with Crippen molar-refractivity contribution in [1.29, 1.82) is 0 Å². The van der Waals surface area contributed by atoms with Crippen molar-refractivity contribution in [2.75, 3.05) is 5.32 Å². The van der Waals surface area contributed by atoms with Gasteiger partial charge in [0, 0.05) is 5.69 Å². The molecule has 0 aliphatic heterocycles. The number of carbonyl (C=O) groups is 1. The van der Waals surface area contributed by atoms with E-state index >= 15 is 0 Å². The first-order chi connectivity index (χ1) is 10.2. The SMILES string of the molecule is O=C(Nc1ccc(OC2CCCC2)cc1)C1CCCC1O. The summed E-state index contributed by atoms with van der Waals surface area (Å²) >= 11 is 0. The molecule has 2 saturated carbocycles. The third-order valence-corrected chi connectivity index (χ3v) is 4.54. The highest BCUT2D eigenvalue weighted by atomic mass is 16.5. The van der Waals surface area contributed by atoms with Gasteiger partial charge in [0.15, 0.2) is 0 Å². The van der Waals surface area contributed by atoms with Crippen LogP contribution in [-0.4, -0.2) is 23.2 Å². The predicted molar refractivity (Wildman–Crippen MR) is 81.3 cm³/mol. The van der Waals surface area contributed by atoms with Crippen LogP contribution in [0, 0.1) is 5.92 Å². The van der Waals surface area contributed by atoms with Gasteiger partial charge < -0.3 is 15.2 Å². The van der Waals surface area contributed by atoms with Crippen molar-refractivity contribution < 1.29 is 14.6 Å². The van der Waals surface area contributed by atoms with Crippen LogP contribution in [0.4, 0.5) is 5.69 Å². The molecule has 4 heteroatoms. The van der Waals surface area contributed by atoms with E-state index in [1.807, 2.05) is 24.3 Å². The Kier molecular flexibility index (Phi) is 4.44. The smallest absolute Gasteiger partial charge is 0.230 e. The first-order valence-electron chi connectivity index (χ1n) is 7.98. The zero-order chi connectivity index (χ0) is 14.7. The minimum absolute atomic E-state index is 0.0792. The number of amides is 1. The second kappa shape index (κ2) is 6.48. The van der Waals surface area contributed by atoms with E-state index < -0.39 is 6.10 Å². The van der Waals surface area contributed by atoms with E-state index in [2.05, 4.69) is 5.32 Å². The van der Waals surface area contributed by atoms with Crippen molar-refractivity contribution in [1.82, 2.24) is 0 Å². The van der Waals surface area contributed by atoms with Gasteiger partial charge in [-0.2, -0.15) is 0 Å². The molecule has 2 unspecified atom stereocenters. The molecule has 2 fully saturated rings. The Hall–Kier alpha value is -1.55. The number of ether oxygens (including phenoxy) is 1. The molecule has 21 heavy (non-hydrogen) atoms. The topological polar surface area (TPSA) is 58.6 Å². The number of hydrogen-bond donors (Lipinski definition) is 2. The molecule has 3 rings (SSSR count). The molecule has 0 radical (unpaired) electrons. The average molecular weight is 289 g/mol. The van der Waals surface area contributed by atoms with Crippen molar-refractivity contribution >= 4 is 11.6 Å². The Morgan fingerprint density at radius 3 is 2.38 bits per heavy atom. The van der Waals surface area contributed by atoms with Crippen LogP contribution in [0.1, 0.15) is 44.9 Å². The lowest BCUT2D eigenvalue weighted by atomic mass is 10.1. The van der Waals surface area contributed by atoms with E-state index in [-0.39, 0.29) is 11.8 Å². The summed E-state index contributed by atoms with van der Waals surface area (Å²) in [6, 6.07) is 7.53. The van der Waals surface area contributed by atoms with E-state index in [4.69, 9.17) is 4.74 Å². The molecule has 2 atom stereocenters. The molecule has 0 spiro atoms. The molecular formula is C17H23NO3. The van der Waals surface area contributed by atoms with Gasteiger partial charge in [0.05, 0.1) is 18.1 Å². The largest absolute Gasteiger partial charge is 0.490 e. The van der Waals surface area contributed by atoms with Crippen molar-refractivity contribution in [2.24, 2.45) is 5.92 Å². The summed E-state index contributed by atoms with van der Waals surface area (Å²) < 4.78 is 5.90. The van der Waals surface area contributed by atoms with Crippen LogP contribution in [0.3, 0.4) is 0 Å². The molecule has 1 aromatic carbocycles. The standard InChI is InChI=1S/C17H23NO3/c19-16-7-3-6-15(16)17(20)18-12-8-10-14(11-9-12)21-13-4-1-2-5-13/h8-11,13,15-16,19H,1-7H2,(H,18,20). The van der Waals surface area contributed by atoms with Gasteiger partial charge in [0.25, 0.3) is 0 Å². The third kappa shape index (κ3) is 3.56. The number of aliphatic hydroxyl groups is 1. The Labute approximate surface area is 125 Å². The molecule has 114 valence electrons. The Morgan fingerprint density at radius 2 is 1.76 bits per heavy atom. The van der Waals surface area contributed by atoms with E-state index in [9.17, 15) is 9.90 Å². The molecule has 0 heterocycles. The van der Waals surface area contributed by atoms with Crippen LogP contribution >= 0.6 is 0 Å². The Bertz CT molecular complexity index is 479. The van der Waals surface area contributed by atoms with Gasteiger partial charge in [-0.3, -0.25) is 4.79 Å². The van der Waals surface area contributed by atoms with Gasteiger partial charge in [-0.15, -0.1) is 0 Å². The monoisotopic (exact) mass is 289 g/mol. The lowest BCUT2D eigenvalue weighted by Gasteiger charge is -2.16. The van der Waals surface area contributed by atoms with Crippen LogP contribution in [0.5, 0.6) is 5.75 Å². The maximum Gasteiger partial charge on any atom is 0.230 e. The van der Waals surface area contributed by atoms with Crippen LogP contribution in [0.15, 0.2) is 24.3 Å². The average Bonchev–Trinajstić information content (AvgIpc) is 3.12. The van der Waals surface area contributed by atoms with Crippen LogP contribution < -0.4 is 10.1 Å². The van der Waals surface area contributed by atoms with Gasteiger partial charge in [-0.25, -0.2) is 0 Å². The highest BCUT2D eigenvalue weighted by Gasteiger charge is 2.31. The van der Waals surface area contributed by atoms with Crippen molar-refractivity contribution in [3.8, 4) is 5.75 Å². The number of anilines is 1. The molecule has 1 amide bonds. The van der Waals surface area contributed by atoms with Gasteiger partial charge in [-0.05, 0) is 69.2 Å². The minimum Gasteiger partial charge on any atom is -0.490 e. The van der Waals surface area contributed by atoms with E-state index in [1.165, 1.54) is 12.8 Å². The van der Waals surface area contributed by atoms with Crippen LogP contribution in [-0.2, 0) is 4.79 Å². The number of hydrogen-bond acceptors (Lipinski definition) is 3. The fourth-order valence-electron chi connectivity index (χ4n) is 3.30. The van der Waals surface area contributed by atoms with Gasteiger partial charge in [0.2, 0.25) is 5.91 Å². The molecular weight excluding hydrogens is 266 g/mol. The van der Waals surface area contributed by atoms with Gasteiger partial charge in [-0.1, -0.05) is 0 Å². The molecule has 2 aliphatic rings. The summed E-state index contributed by atoms with van der Waals surface area (Å²) in [6.45, 7) is 0. The van der Waals surface area contributed by atoms with Gasteiger partial charge in [0.1, 0.15) is 5.75 Å². The van der Waals surface area contributed by atoms with E-state index in [0.717, 1.165) is 43.5 Å². The maximum atomic E-state index is 12.1. The maximum absolute atomic E-state index is 12.1. The number of carbonyl (C=O) groups excluding carboxylic acids is 1. The van der Waals surface area contributed by atoms with Crippen LogP contribution in [0.2, 0.25) is 0 Å². The van der Waals surface area contributed by atoms with E-state index in [0.29, 0.717) is 6.10 Å². The molecule has 1 aromatic rings. The Morgan fingerprint density at radius 1 is 1.05 bits per heavy atom. The summed E-state index contributed by atoms with van der Waals surface area (Å²) in [5.41, 5.74) is 0.762. The van der Waals surface area contributed by atoms with E-state index in [1.54, 1.807) is 0 Å². The summed E-state index contributed by atoms with van der Waals surface area (Å²) in [6.07, 6.45) is 7.06. The second-order valence-electron chi connectivity index (χ2n) is 6.14. The minimum atomic E-state index is -0.491. The van der Waals surface area contributed by atoms with Crippen molar-refractivity contribution in [2.45, 2.75) is 57.2 Å². The number of rotatable bonds is 4. The highest BCUT2D eigenvalue weighted by Crippen LogP contribution is 2.28. The molecule has 0 saturated heterocycles. The molecule has 0 aromatic heterocycles. The lowest BCUT2D eigenvalue weighted by Crippen LogP contribution is -2.28. The normalized spacial score (nSPS) is 26.0. The van der Waals surface area contributed by atoms with Crippen molar-refractivity contribution in [3.63, 3.8) is 0 Å².